The van der Waals surface area contributed by atoms with E-state index in [1.807, 2.05) is 39.4 Å². The molecule has 1 N–H and O–H groups in total. The van der Waals surface area contributed by atoms with E-state index in [0.29, 0.717) is 70.4 Å². The predicted octanol–water partition coefficient (Wildman–Crippen LogP) is 5.50. The van der Waals surface area contributed by atoms with Crippen molar-refractivity contribution in [3.63, 3.8) is 0 Å². The number of urea groups is 1. The third-order valence-electron chi connectivity index (χ3n) is 8.90. The number of anilines is 1. The van der Waals surface area contributed by atoms with Gasteiger partial charge in [-0.05, 0) is 36.4 Å². The number of aliphatic imine (C=N–C) groups is 1. The molecule has 1 aliphatic carbocycles. The first-order valence-corrected chi connectivity index (χ1v) is 16.2. The number of nitrogens with one attached hydrogen (secondary N) is 1. The first-order chi connectivity index (χ1) is 21.8. The number of fused-ring (bicyclic) bond motifs is 1. The van der Waals surface area contributed by atoms with Crippen LogP contribution >= 0.6 is 34.5 Å². The molecule has 3 aliphatic heterocycles. The highest BCUT2D eigenvalue weighted by Gasteiger charge is 2.52. The number of rotatable bonds is 7. The second-order valence-electron chi connectivity index (χ2n) is 11.6. The normalized spacial score (nSPS) is 22.4. The topological polar surface area (TPSA) is 94.7 Å². The van der Waals surface area contributed by atoms with Crippen LogP contribution in [-0.2, 0) is 15.1 Å². The summed E-state index contributed by atoms with van der Waals surface area (Å²) in [4.78, 5) is 45.9. The van der Waals surface area contributed by atoms with Gasteiger partial charge in [0.05, 0.1) is 18.7 Å². The van der Waals surface area contributed by atoms with Crippen LogP contribution in [0.15, 0.2) is 70.3 Å². The number of methoxy groups -OCH3 is 1. The highest BCUT2D eigenvalue weighted by Crippen LogP contribution is 2.50. The number of carbonyl (C=O) groups excluding carboxylic acids is 2. The molecule has 1 aromatic heterocycles. The summed E-state index contributed by atoms with van der Waals surface area (Å²) in [5.41, 5.74) is 3.12. The molecule has 0 radical (unpaired) electrons. The van der Waals surface area contributed by atoms with Gasteiger partial charge in [-0.3, -0.25) is 14.8 Å². The summed E-state index contributed by atoms with van der Waals surface area (Å²) in [7, 11) is 1.35. The Morgan fingerprint density at radius 2 is 1.98 bits per heavy atom. The van der Waals surface area contributed by atoms with E-state index in [1.54, 1.807) is 24.4 Å². The second kappa shape index (κ2) is 11.8. The predicted molar refractivity (Wildman–Crippen MR) is 174 cm³/mol. The maximum absolute atomic E-state index is 13.5. The minimum Gasteiger partial charge on any atom is -0.466 e. The molecule has 2 atom stereocenters. The van der Waals surface area contributed by atoms with Crippen LogP contribution in [-0.4, -0.2) is 78.5 Å². The van der Waals surface area contributed by atoms with Gasteiger partial charge in [-0.1, -0.05) is 29.3 Å². The van der Waals surface area contributed by atoms with Gasteiger partial charge in [0, 0.05) is 89.7 Å². The van der Waals surface area contributed by atoms with E-state index in [1.165, 1.54) is 18.4 Å². The zero-order valence-corrected chi connectivity index (χ0v) is 26.7. The quantitative estimate of drug-likeness (QED) is 0.265. The molecular weight excluding hydrogens is 633 g/mol. The fourth-order valence-electron chi connectivity index (χ4n) is 6.36. The zero-order chi connectivity index (χ0) is 31.3. The van der Waals surface area contributed by atoms with Crippen LogP contribution in [0.25, 0.3) is 4.85 Å². The highest BCUT2D eigenvalue weighted by atomic mass is 35.5. The molecule has 10 nitrogen and oxygen atoms in total. The van der Waals surface area contributed by atoms with Crippen molar-refractivity contribution >= 4 is 58.1 Å². The number of carbonyl (C=O) groups is 2. The smallest absolute Gasteiger partial charge is 0.338 e. The molecule has 7 rings (SSSR count). The van der Waals surface area contributed by atoms with Gasteiger partial charge in [-0.15, -0.1) is 11.3 Å². The van der Waals surface area contributed by atoms with Crippen molar-refractivity contribution < 1.29 is 14.3 Å². The van der Waals surface area contributed by atoms with Crippen molar-refractivity contribution in [1.82, 2.24) is 20.1 Å². The number of esters is 1. The molecule has 0 bridgehead atoms. The molecule has 2 saturated heterocycles. The monoisotopic (exact) mass is 661 g/mol. The number of thiazole rings is 1. The number of piperazine rings is 1. The minimum atomic E-state index is -0.734. The molecule has 0 unspecified atom stereocenters. The fraction of sp³-hybridized carbons (Fsp3) is 0.344. The molecule has 4 aliphatic rings. The van der Waals surface area contributed by atoms with E-state index < -0.39 is 12.0 Å². The summed E-state index contributed by atoms with van der Waals surface area (Å²) in [6.45, 7) is 10.3. The molecule has 0 spiro atoms. The number of amides is 2. The summed E-state index contributed by atoms with van der Waals surface area (Å²) in [6, 6.07) is 12.2. The third kappa shape index (κ3) is 5.46. The van der Waals surface area contributed by atoms with E-state index in [0.717, 1.165) is 24.1 Å². The molecule has 3 aromatic rings. The number of nitrogens with zero attached hydrogens (tertiary/aromatic N) is 6. The SMILES string of the molecule is [C-]#[N+]C1(c2ccc(N3C[C@@H]4CN(CC5=C(C(=O)OC)[C@H](c6ccc(Cl)cc6Cl)N=C(c6nccs6)N5)CCN4C3=O)cc2)CC1. The van der Waals surface area contributed by atoms with Crippen LogP contribution in [0.1, 0.15) is 35.0 Å². The van der Waals surface area contributed by atoms with Gasteiger partial charge >= 0.3 is 12.0 Å². The van der Waals surface area contributed by atoms with Gasteiger partial charge in [0.1, 0.15) is 6.04 Å². The fourth-order valence-corrected chi connectivity index (χ4v) is 7.46. The lowest BCUT2D eigenvalue weighted by Gasteiger charge is -2.38. The Bertz CT molecular complexity index is 1770. The van der Waals surface area contributed by atoms with E-state index in [9.17, 15) is 9.59 Å². The molecule has 4 heterocycles. The molecule has 2 aromatic carbocycles. The van der Waals surface area contributed by atoms with Gasteiger partial charge in [-0.2, -0.15) is 0 Å². The second-order valence-corrected chi connectivity index (χ2v) is 13.3. The molecule has 3 fully saturated rings. The first-order valence-electron chi connectivity index (χ1n) is 14.6. The van der Waals surface area contributed by atoms with E-state index in [4.69, 9.17) is 39.5 Å². The molecule has 230 valence electrons. The number of aromatic nitrogens is 1. The number of amidine groups is 1. The van der Waals surface area contributed by atoms with Gasteiger partial charge in [0.25, 0.3) is 5.54 Å². The van der Waals surface area contributed by atoms with Crippen LogP contribution in [0.5, 0.6) is 0 Å². The average Bonchev–Trinajstić information content (AvgIpc) is 3.51. The lowest BCUT2D eigenvalue weighted by atomic mass is 9.95. The zero-order valence-electron chi connectivity index (χ0n) is 24.4. The van der Waals surface area contributed by atoms with E-state index in [2.05, 4.69) is 20.0 Å². The summed E-state index contributed by atoms with van der Waals surface area (Å²) >= 11 is 14.3. The molecule has 2 amide bonds. The van der Waals surface area contributed by atoms with Crippen molar-refractivity contribution in [2.24, 2.45) is 4.99 Å². The maximum Gasteiger partial charge on any atom is 0.338 e. The molecule has 13 heteroatoms. The third-order valence-corrected chi connectivity index (χ3v) is 10.2. The number of halogens is 2. The Morgan fingerprint density at radius 1 is 1.18 bits per heavy atom. The number of hydrogen-bond donors (Lipinski definition) is 1. The van der Waals surface area contributed by atoms with Crippen molar-refractivity contribution in [1.29, 1.82) is 0 Å². The largest absolute Gasteiger partial charge is 0.466 e. The minimum absolute atomic E-state index is 0.0143. The van der Waals surface area contributed by atoms with Crippen LogP contribution in [0.3, 0.4) is 0 Å². The Balaban J connectivity index is 1.15. The Kier molecular flexibility index (Phi) is 7.78. The summed E-state index contributed by atoms with van der Waals surface area (Å²) in [5, 5.41) is 6.81. The number of hydrogen-bond acceptors (Lipinski definition) is 8. The summed E-state index contributed by atoms with van der Waals surface area (Å²) < 4.78 is 5.25. The van der Waals surface area contributed by atoms with Gasteiger partial charge in [-0.25, -0.2) is 21.1 Å². The van der Waals surface area contributed by atoms with Crippen molar-refractivity contribution in [2.75, 3.05) is 44.7 Å². The Morgan fingerprint density at radius 3 is 2.64 bits per heavy atom. The number of ether oxygens (including phenoxy) is 1. The van der Waals surface area contributed by atoms with Gasteiger partial charge in [0.15, 0.2) is 10.8 Å². The maximum atomic E-state index is 13.5. The highest BCUT2D eigenvalue weighted by molar-refractivity contribution is 7.11. The average molecular weight is 663 g/mol. The molecule has 1 saturated carbocycles. The van der Waals surface area contributed by atoms with Crippen LogP contribution in [0, 0.1) is 6.57 Å². The van der Waals surface area contributed by atoms with Crippen LogP contribution < -0.4 is 10.2 Å². The van der Waals surface area contributed by atoms with Crippen molar-refractivity contribution in [3.05, 3.63) is 103 Å². The Hall–Kier alpha value is -3.95. The van der Waals surface area contributed by atoms with Gasteiger partial charge < -0.3 is 19.8 Å². The standard InChI is InChI=1S/C32H29Cl2N7O3S/c1-35-32(9-10-32)19-3-6-21(7-4-19)41-17-22-16-39(12-13-40(22)31(41)43)18-25-26(30(42)44-2)27(23-8-5-20(33)15-24(23)34)38-28(37-25)29-36-11-14-45-29/h3-8,11,14-15,22,27H,9-10,12-13,16-18H2,2H3,(H,37,38)/t22-,27-/m0/s1. The van der Waals surface area contributed by atoms with E-state index in [-0.39, 0.29) is 17.6 Å². The van der Waals surface area contributed by atoms with Crippen molar-refractivity contribution in [3.8, 4) is 0 Å². The first kappa shape index (κ1) is 29.7. The molecule has 45 heavy (non-hydrogen) atoms. The molecular formula is C32H29Cl2N7O3S. The van der Waals surface area contributed by atoms with E-state index >= 15 is 0 Å². The summed E-state index contributed by atoms with van der Waals surface area (Å²) in [5.74, 6) is 0.0325. The van der Waals surface area contributed by atoms with Crippen LogP contribution in [0.4, 0.5) is 10.5 Å². The lowest BCUT2D eigenvalue weighted by Crippen LogP contribution is -2.53. The number of benzene rings is 2. The Labute approximate surface area is 274 Å². The van der Waals surface area contributed by atoms with Crippen LogP contribution in [0.2, 0.25) is 10.0 Å². The lowest BCUT2D eigenvalue weighted by molar-refractivity contribution is -0.136. The summed E-state index contributed by atoms with van der Waals surface area (Å²) in [6.07, 6.45) is 3.48. The van der Waals surface area contributed by atoms with Gasteiger partial charge in [0.2, 0.25) is 0 Å². The van der Waals surface area contributed by atoms with Crippen molar-refractivity contribution in [2.45, 2.75) is 30.5 Å².